The van der Waals surface area contributed by atoms with E-state index in [1.54, 1.807) is 12.3 Å². The molecule has 20 heavy (non-hydrogen) atoms. The molecule has 104 valence electrons. The van der Waals surface area contributed by atoms with E-state index in [0.717, 1.165) is 4.47 Å². The molecule has 0 radical (unpaired) electrons. The Kier molecular flexibility index (Phi) is 4.19. The zero-order chi connectivity index (χ0) is 14.9. The zero-order valence-corrected chi connectivity index (χ0v) is 13.0. The molecule has 2 aromatic rings. The number of anilines is 1. The fraction of sp³-hybridized carbons (Fsp3) is 0.0909. The fourth-order valence-electron chi connectivity index (χ4n) is 1.54. The Morgan fingerprint density at radius 2 is 2.15 bits per heavy atom. The van der Waals surface area contributed by atoms with Crippen molar-refractivity contribution in [3.8, 4) is 11.5 Å². The predicted molar refractivity (Wildman–Crippen MR) is 79.2 cm³/mol. The number of halogens is 2. The van der Waals surface area contributed by atoms with Gasteiger partial charge in [0.1, 0.15) is 11.5 Å². The summed E-state index contributed by atoms with van der Waals surface area (Å²) in [6, 6.07) is 1.74. The molecule has 0 saturated carbocycles. The monoisotopic (exact) mass is 402 g/mol. The molecule has 4 N–H and O–H groups in total. The van der Waals surface area contributed by atoms with Crippen LogP contribution in [0.2, 0.25) is 0 Å². The number of rotatable bonds is 3. The molecule has 0 spiro atoms. The van der Waals surface area contributed by atoms with Crippen LogP contribution in [0.3, 0.4) is 0 Å². The first kappa shape index (κ1) is 14.7. The molecule has 0 aliphatic carbocycles. The summed E-state index contributed by atoms with van der Waals surface area (Å²) in [5.74, 6) is -1.11. The van der Waals surface area contributed by atoms with Gasteiger partial charge in [0.15, 0.2) is 5.82 Å². The van der Waals surface area contributed by atoms with E-state index in [4.69, 9.17) is 10.8 Å². The Labute approximate surface area is 129 Å². The van der Waals surface area contributed by atoms with Crippen LogP contribution in [0.5, 0.6) is 0 Å². The summed E-state index contributed by atoms with van der Waals surface area (Å²) >= 11 is 6.56. The van der Waals surface area contributed by atoms with Crippen molar-refractivity contribution >= 4 is 43.6 Å². The average molecular weight is 404 g/mol. The van der Waals surface area contributed by atoms with Gasteiger partial charge in [-0.2, -0.15) is 0 Å². The molecule has 2 aromatic heterocycles. The van der Waals surface area contributed by atoms with Crippen molar-refractivity contribution in [3.63, 3.8) is 0 Å². The highest BCUT2D eigenvalue weighted by Crippen LogP contribution is 2.26. The van der Waals surface area contributed by atoms with E-state index in [9.17, 15) is 9.59 Å². The number of nitrogens with zero attached hydrogens (tertiary/aromatic N) is 2. The topological polar surface area (TPSA) is 122 Å². The van der Waals surface area contributed by atoms with Crippen LogP contribution in [0, 0.1) is 0 Å². The van der Waals surface area contributed by atoms with Crippen LogP contribution in [0.25, 0.3) is 11.5 Å². The normalized spacial score (nSPS) is 10.5. The number of aromatic amines is 1. The van der Waals surface area contributed by atoms with Crippen LogP contribution < -0.4 is 11.3 Å². The average Bonchev–Trinajstić information content (AvgIpc) is 2.33. The lowest BCUT2D eigenvalue weighted by Gasteiger charge is -2.06. The maximum Gasteiger partial charge on any atom is 0.308 e. The lowest BCUT2D eigenvalue weighted by molar-refractivity contribution is -0.136. The minimum atomic E-state index is -1.15. The number of nitrogen functional groups attached to an aromatic ring is 1. The summed E-state index contributed by atoms with van der Waals surface area (Å²) in [6.45, 7) is 0. The van der Waals surface area contributed by atoms with Gasteiger partial charge in [-0.3, -0.25) is 14.6 Å². The third kappa shape index (κ3) is 3.05. The van der Waals surface area contributed by atoms with Gasteiger partial charge in [0.05, 0.1) is 12.0 Å². The summed E-state index contributed by atoms with van der Waals surface area (Å²) < 4.78 is 1.37. The number of nitrogens with two attached hydrogens (primary N) is 1. The van der Waals surface area contributed by atoms with Crippen LogP contribution in [-0.2, 0) is 11.2 Å². The molecule has 0 fully saturated rings. The van der Waals surface area contributed by atoms with E-state index < -0.39 is 17.9 Å². The molecule has 2 heterocycles. The Balaban J connectivity index is 2.55. The highest BCUT2D eigenvalue weighted by molar-refractivity contribution is 9.11. The lowest BCUT2D eigenvalue weighted by atomic mass is 10.2. The van der Waals surface area contributed by atoms with Crippen molar-refractivity contribution in [1.82, 2.24) is 15.0 Å². The predicted octanol–water partition coefficient (Wildman–Crippen LogP) is 1.57. The highest BCUT2D eigenvalue weighted by Gasteiger charge is 2.15. The maximum absolute atomic E-state index is 11.9. The molecule has 0 saturated heterocycles. The van der Waals surface area contributed by atoms with Crippen molar-refractivity contribution < 1.29 is 9.90 Å². The van der Waals surface area contributed by atoms with Gasteiger partial charge in [0, 0.05) is 15.1 Å². The van der Waals surface area contributed by atoms with E-state index in [1.807, 2.05) is 0 Å². The second kappa shape index (κ2) is 5.71. The van der Waals surface area contributed by atoms with Crippen molar-refractivity contribution in [2.24, 2.45) is 0 Å². The Morgan fingerprint density at radius 1 is 1.45 bits per heavy atom. The minimum Gasteiger partial charge on any atom is -0.481 e. The number of carboxylic acid groups (broad SMARTS) is 1. The molecule has 9 heteroatoms. The van der Waals surface area contributed by atoms with Crippen molar-refractivity contribution in [2.75, 3.05) is 5.73 Å². The molecule has 0 atom stereocenters. The molecular weight excluding hydrogens is 396 g/mol. The summed E-state index contributed by atoms with van der Waals surface area (Å²) in [7, 11) is 0. The second-order valence-electron chi connectivity index (χ2n) is 3.83. The molecule has 0 aliphatic heterocycles. The number of aromatic nitrogens is 3. The van der Waals surface area contributed by atoms with Crippen LogP contribution in [0.4, 0.5) is 5.82 Å². The summed E-state index contributed by atoms with van der Waals surface area (Å²) in [4.78, 5) is 33.1. The Morgan fingerprint density at radius 3 is 2.70 bits per heavy atom. The zero-order valence-electron chi connectivity index (χ0n) is 9.85. The number of aliphatic carboxylic acids is 1. The Bertz CT molecular complexity index is 745. The SMILES string of the molecule is Nc1nc(-c2ncc(Br)cc2Br)[nH]c(=O)c1CC(=O)O. The highest BCUT2D eigenvalue weighted by atomic mass is 79.9. The molecule has 2 rings (SSSR count). The lowest BCUT2D eigenvalue weighted by Crippen LogP contribution is -2.21. The third-order valence-electron chi connectivity index (χ3n) is 2.41. The van der Waals surface area contributed by atoms with Gasteiger partial charge in [-0.25, -0.2) is 4.98 Å². The third-order valence-corrected chi connectivity index (χ3v) is 3.45. The van der Waals surface area contributed by atoms with E-state index in [-0.39, 0.29) is 17.2 Å². The van der Waals surface area contributed by atoms with Crippen molar-refractivity contribution in [2.45, 2.75) is 6.42 Å². The summed E-state index contributed by atoms with van der Waals surface area (Å²) in [5, 5.41) is 8.72. The molecule has 7 nitrogen and oxygen atoms in total. The molecular formula is C11H8Br2N4O3. The van der Waals surface area contributed by atoms with Crippen molar-refractivity contribution in [3.05, 3.63) is 37.1 Å². The van der Waals surface area contributed by atoms with Crippen molar-refractivity contribution in [1.29, 1.82) is 0 Å². The first-order chi connectivity index (χ1) is 9.38. The quantitative estimate of drug-likeness (QED) is 0.714. The van der Waals surface area contributed by atoms with Crippen LogP contribution >= 0.6 is 31.9 Å². The second-order valence-corrected chi connectivity index (χ2v) is 5.60. The van der Waals surface area contributed by atoms with Crippen LogP contribution in [-0.4, -0.2) is 26.0 Å². The van der Waals surface area contributed by atoms with Gasteiger partial charge in [-0.05, 0) is 37.9 Å². The fourth-order valence-corrected chi connectivity index (χ4v) is 2.71. The molecule has 0 aliphatic rings. The number of nitrogens with one attached hydrogen (secondary N) is 1. The molecule has 0 amide bonds. The minimum absolute atomic E-state index is 0.0746. The summed E-state index contributed by atoms with van der Waals surface area (Å²) in [5.41, 5.74) is 5.38. The smallest absolute Gasteiger partial charge is 0.308 e. The molecule has 0 aromatic carbocycles. The van der Waals surface area contributed by atoms with Crippen LogP contribution in [0.1, 0.15) is 5.56 Å². The first-order valence-electron chi connectivity index (χ1n) is 5.30. The van der Waals surface area contributed by atoms with E-state index >= 15 is 0 Å². The van der Waals surface area contributed by atoms with Crippen LogP contribution in [0.15, 0.2) is 26.0 Å². The van der Waals surface area contributed by atoms with Gasteiger partial charge >= 0.3 is 5.97 Å². The Hall–Kier alpha value is -1.74. The van der Waals surface area contributed by atoms with E-state index in [1.165, 1.54) is 0 Å². The number of carbonyl (C=O) groups is 1. The number of hydrogen-bond acceptors (Lipinski definition) is 5. The van der Waals surface area contributed by atoms with Gasteiger partial charge < -0.3 is 15.8 Å². The standard InChI is InChI=1S/C11H8Br2N4O3/c12-4-1-6(13)8(15-3-4)10-16-9(14)5(2-7(18)19)11(20)17-10/h1,3H,2H2,(H,18,19)(H3,14,16,17,20). The number of H-pyrrole nitrogens is 1. The molecule has 0 unspecified atom stereocenters. The van der Waals surface area contributed by atoms with Gasteiger partial charge in [0.2, 0.25) is 0 Å². The molecule has 0 bridgehead atoms. The van der Waals surface area contributed by atoms with Gasteiger partial charge in [-0.1, -0.05) is 0 Å². The van der Waals surface area contributed by atoms with E-state index in [0.29, 0.717) is 10.2 Å². The summed E-state index contributed by atoms with van der Waals surface area (Å²) in [6.07, 6.45) is 1.06. The van der Waals surface area contributed by atoms with Gasteiger partial charge in [0.25, 0.3) is 5.56 Å². The largest absolute Gasteiger partial charge is 0.481 e. The van der Waals surface area contributed by atoms with E-state index in [2.05, 4.69) is 46.8 Å². The maximum atomic E-state index is 11.9. The first-order valence-corrected chi connectivity index (χ1v) is 6.89. The number of carboxylic acids is 1. The van der Waals surface area contributed by atoms with Gasteiger partial charge in [-0.15, -0.1) is 0 Å². The number of pyridine rings is 1. The number of hydrogen-bond donors (Lipinski definition) is 3.